The molecule has 52 heavy (non-hydrogen) atoms. The second kappa shape index (κ2) is 25.3. The van der Waals surface area contributed by atoms with Crippen molar-refractivity contribution in [3.05, 3.63) is 52.4 Å². The molecule has 3 atom stereocenters. The van der Waals surface area contributed by atoms with E-state index in [2.05, 4.69) is 47.7 Å². The fraction of sp³-hybridized carbons (Fsp3) is 0.595. The summed E-state index contributed by atoms with van der Waals surface area (Å²) in [4.78, 5) is 59.9. The number of carbonyl (C=O) groups is 4. The van der Waals surface area contributed by atoms with Gasteiger partial charge in [-0.15, -0.1) is 6.58 Å². The van der Waals surface area contributed by atoms with Crippen LogP contribution in [0.3, 0.4) is 0 Å². The SMILES string of the molecule is C=CC(CC)C(=O)NS(=O)C1CC1.CC(C)C.CNC(=O)C1CCCN1C(=O)CNC=O.COC(C)(C)C.COc1c[nH]c(=O)c2cc(Cl)ccc12. The average molecular weight is 770 g/mol. The Bertz CT molecular complexity index is 1500. The lowest BCUT2D eigenvalue weighted by atomic mass is 10.1. The smallest absolute Gasteiger partial charge is 0.256 e. The summed E-state index contributed by atoms with van der Waals surface area (Å²) in [6, 6.07) is 4.74. The summed E-state index contributed by atoms with van der Waals surface area (Å²) in [5, 5.41) is 6.87. The van der Waals surface area contributed by atoms with Crippen LogP contribution in [0.5, 0.6) is 5.75 Å². The number of hydrogen-bond donors (Lipinski definition) is 4. The zero-order valence-electron chi connectivity index (χ0n) is 32.4. The molecule has 15 heteroatoms. The fourth-order valence-corrected chi connectivity index (χ4v) is 5.36. The summed E-state index contributed by atoms with van der Waals surface area (Å²) in [6.07, 6.45) is 7.77. The molecule has 0 bridgehead atoms. The number of H-pyrrole nitrogens is 1. The Hall–Kier alpha value is -3.75. The van der Waals surface area contributed by atoms with Crippen molar-refractivity contribution in [1.82, 2.24) is 25.2 Å². The van der Waals surface area contributed by atoms with Gasteiger partial charge in [-0.3, -0.25) is 28.7 Å². The van der Waals surface area contributed by atoms with Crippen LogP contribution in [0.4, 0.5) is 0 Å². The second-order valence-electron chi connectivity index (χ2n) is 13.5. The first-order chi connectivity index (χ1) is 24.4. The molecule has 1 aliphatic carbocycles. The third-order valence-corrected chi connectivity index (χ3v) is 8.92. The number of fused-ring (bicyclic) bond motifs is 1. The van der Waals surface area contributed by atoms with Crippen LogP contribution in [-0.4, -0.2) is 89.5 Å². The number of amides is 4. The number of likely N-dealkylation sites (N-methyl/N-ethyl adjacent to an activating group) is 1. The predicted molar refractivity (Wildman–Crippen MR) is 210 cm³/mol. The van der Waals surface area contributed by atoms with Crippen molar-refractivity contribution < 1.29 is 32.9 Å². The molecule has 1 aromatic carbocycles. The minimum atomic E-state index is -1.16. The average Bonchev–Trinajstić information content (AvgIpc) is 3.84. The summed E-state index contributed by atoms with van der Waals surface area (Å²) in [6.45, 7) is 18.6. The van der Waals surface area contributed by atoms with E-state index in [0.29, 0.717) is 42.0 Å². The first-order valence-corrected chi connectivity index (χ1v) is 18.9. The van der Waals surface area contributed by atoms with E-state index in [0.717, 1.165) is 30.6 Å². The van der Waals surface area contributed by atoms with Gasteiger partial charge in [0.1, 0.15) is 22.8 Å². The maximum absolute atomic E-state index is 11.6. The van der Waals surface area contributed by atoms with Crippen molar-refractivity contribution in [2.75, 3.05) is 34.4 Å². The number of rotatable bonds is 10. The highest BCUT2D eigenvalue weighted by Gasteiger charge is 2.33. The zero-order valence-corrected chi connectivity index (χ0v) is 34.0. The molecule has 2 fully saturated rings. The molecular weight excluding hydrogens is 710 g/mol. The number of benzene rings is 1. The number of pyridine rings is 1. The first kappa shape index (κ1) is 48.2. The molecule has 2 aliphatic rings. The van der Waals surface area contributed by atoms with E-state index in [1.54, 1.807) is 51.7 Å². The third kappa shape index (κ3) is 19.2. The molecule has 294 valence electrons. The molecule has 3 unspecified atom stereocenters. The third-order valence-electron chi connectivity index (χ3n) is 7.21. The van der Waals surface area contributed by atoms with Crippen LogP contribution in [0, 0.1) is 11.8 Å². The first-order valence-electron chi connectivity index (χ1n) is 17.3. The Balaban J connectivity index is 0.000000665. The Morgan fingerprint density at radius 3 is 2.19 bits per heavy atom. The van der Waals surface area contributed by atoms with Crippen LogP contribution in [0.1, 0.15) is 80.6 Å². The van der Waals surface area contributed by atoms with Crippen LogP contribution >= 0.6 is 11.6 Å². The molecule has 1 aliphatic heterocycles. The van der Waals surface area contributed by atoms with Crippen LogP contribution in [0.25, 0.3) is 10.8 Å². The summed E-state index contributed by atoms with van der Waals surface area (Å²) in [7, 11) is 3.65. The van der Waals surface area contributed by atoms with Crippen LogP contribution in [0.2, 0.25) is 5.02 Å². The number of methoxy groups -OCH3 is 2. The molecule has 2 aromatic rings. The van der Waals surface area contributed by atoms with E-state index in [-0.39, 0.29) is 52.6 Å². The number of carbonyl (C=O) groups excluding carboxylic acids is 4. The molecule has 4 N–H and O–H groups in total. The van der Waals surface area contributed by atoms with Gasteiger partial charge >= 0.3 is 0 Å². The molecule has 1 aromatic heterocycles. The molecule has 4 amide bonds. The Morgan fingerprint density at radius 1 is 1.13 bits per heavy atom. The number of nitrogens with one attached hydrogen (secondary N) is 4. The van der Waals surface area contributed by atoms with Crippen LogP contribution < -0.4 is 25.7 Å². The van der Waals surface area contributed by atoms with Gasteiger partial charge in [-0.1, -0.05) is 45.4 Å². The highest BCUT2D eigenvalue weighted by molar-refractivity contribution is 7.84. The maximum atomic E-state index is 11.6. The zero-order chi connectivity index (χ0) is 40.0. The van der Waals surface area contributed by atoms with Crippen molar-refractivity contribution in [2.45, 2.75) is 97.5 Å². The van der Waals surface area contributed by atoms with Gasteiger partial charge in [-0.25, -0.2) is 4.21 Å². The number of nitrogens with zero attached hydrogens (tertiary/aromatic N) is 1. The number of likely N-dealkylation sites (tertiary alicyclic amines) is 1. The predicted octanol–water partition coefficient (Wildman–Crippen LogP) is 4.89. The van der Waals surface area contributed by atoms with Gasteiger partial charge in [0.05, 0.1) is 35.8 Å². The van der Waals surface area contributed by atoms with Crippen molar-refractivity contribution in [1.29, 1.82) is 0 Å². The number of ether oxygens (including phenoxy) is 2. The van der Waals surface area contributed by atoms with Gasteiger partial charge in [0.25, 0.3) is 5.56 Å². The van der Waals surface area contributed by atoms with E-state index in [1.165, 1.54) is 4.90 Å². The molecule has 0 radical (unpaired) electrons. The van der Waals surface area contributed by atoms with Crippen molar-refractivity contribution in [3.8, 4) is 5.75 Å². The summed E-state index contributed by atoms with van der Waals surface area (Å²) < 4.78 is 23.8. The second-order valence-corrected chi connectivity index (χ2v) is 15.4. The van der Waals surface area contributed by atoms with Gasteiger partial charge in [0.15, 0.2) is 0 Å². The fourth-order valence-electron chi connectivity index (χ4n) is 4.11. The number of hydrogen-bond acceptors (Lipinski definition) is 8. The topological polar surface area (TPSA) is 176 Å². The van der Waals surface area contributed by atoms with E-state index < -0.39 is 11.0 Å². The van der Waals surface area contributed by atoms with Crippen LogP contribution in [-0.2, 0) is 34.9 Å². The highest BCUT2D eigenvalue weighted by Crippen LogP contribution is 2.25. The summed E-state index contributed by atoms with van der Waals surface area (Å²) in [5.41, 5.74) is -0.122. The number of aromatic nitrogens is 1. The molecule has 13 nitrogen and oxygen atoms in total. The number of halogens is 1. The van der Waals surface area contributed by atoms with Gasteiger partial charge in [-0.05, 0) is 77.0 Å². The molecule has 4 rings (SSSR count). The molecule has 0 spiro atoms. The largest absolute Gasteiger partial charge is 0.495 e. The lowest BCUT2D eigenvalue weighted by Crippen LogP contribution is -2.47. The van der Waals surface area contributed by atoms with E-state index in [4.69, 9.17) is 21.1 Å². The lowest BCUT2D eigenvalue weighted by molar-refractivity contribution is -0.137. The summed E-state index contributed by atoms with van der Waals surface area (Å²) >= 11 is 5.79. The molecule has 2 heterocycles. The minimum Gasteiger partial charge on any atom is -0.495 e. The Labute approximate surface area is 316 Å². The molecular formula is C37H60ClN5O8S. The van der Waals surface area contributed by atoms with Gasteiger partial charge in [-0.2, -0.15) is 0 Å². The van der Waals surface area contributed by atoms with Crippen molar-refractivity contribution >= 4 is 57.5 Å². The van der Waals surface area contributed by atoms with Crippen molar-refractivity contribution in [2.24, 2.45) is 11.8 Å². The monoisotopic (exact) mass is 769 g/mol. The van der Waals surface area contributed by atoms with Gasteiger partial charge in [0.2, 0.25) is 24.1 Å². The highest BCUT2D eigenvalue weighted by atomic mass is 35.5. The summed E-state index contributed by atoms with van der Waals surface area (Å²) in [5.74, 6) is 0.738. The van der Waals surface area contributed by atoms with E-state index >= 15 is 0 Å². The molecule has 1 saturated heterocycles. The van der Waals surface area contributed by atoms with E-state index in [1.807, 2.05) is 27.7 Å². The Kier molecular flexibility index (Phi) is 23.4. The van der Waals surface area contributed by atoms with E-state index in [9.17, 15) is 28.2 Å². The quantitative estimate of drug-likeness (QED) is 0.195. The number of aromatic amines is 1. The van der Waals surface area contributed by atoms with Crippen LogP contribution in [0.15, 0.2) is 41.8 Å². The Morgan fingerprint density at radius 2 is 1.73 bits per heavy atom. The maximum Gasteiger partial charge on any atom is 0.256 e. The lowest BCUT2D eigenvalue weighted by Gasteiger charge is -2.22. The van der Waals surface area contributed by atoms with Crippen molar-refractivity contribution in [3.63, 3.8) is 0 Å². The van der Waals surface area contributed by atoms with Gasteiger partial charge < -0.3 is 30.0 Å². The minimum absolute atomic E-state index is 0.0417. The standard InChI is InChI=1S/C10H8ClNO2.C9H15N3O3.C9H15NO2S.C5H12O.C4H10/c1-14-9-5-12-10(13)8-4-6(11)2-3-7(8)9;1-10-9(15)7-3-2-4-12(7)8(14)5-11-6-13;1-3-7(4-2)9(11)10-13(12)8-5-6-8;1-5(2,3)6-4;1-4(2)3/h2-5H,1H3,(H,12,13);6-7H,2-5H2,1H3,(H,10,15)(H,11,13);3,7-8H,1,4-6H2,2H3,(H,10,11);1-4H3;4H,1-3H3. The van der Waals surface area contributed by atoms with Gasteiger partial charge in [0, 0.05) is 37.3 Å². The normalized spacial score (nSPS) is 15.7. The molecule has 1 saturated carbocycles.